The summed E-state index contributed by atoms with van der Waals surface area (Å²) in [5, 5.41) is 0. The molecule has 0 N–H and O–H groups in total. The topological polar surface area (TPSA) is 15.6 Å². The molecule has 0 fully saturated rings. The van der Waals surface area contributed by atoms with E-state index in [1.54, 1.807) is 0 Å². The lowest BCUT2D eigenvalue weighted by atomic mass is 10.3. The van der Waals surface area contributed by atoms with Gasteiger partial charge in [-0.1, -0.05) is 18.2 Å². The van der Waals surface area contributed by atoms with Gasteiger partial charge in [-0.2, -0.15) is 0 Å². The van der Waals surface area contributed by atoms with Crippen LogP contribution < -0.4 is 0 Å². The van der Waals surface area contributed by atoms with Gasteiger partial charge in [0.2, 0.25) is 0 Å². The van der Waals surface area contributed by atoms with Crippen LogP contribution in [0.2, 0.25) is 0 Å². The summed E-state index contributed by atoms with van der Waals surface area (Å²) >= 11 is 0. The van der Waals surface area contributed by atoms with Crippen molar-refractivity contribution >= 4 is 12.0 Å². The molecule has 0 radical (unpaired) electrons. The maximum atomic E-state index is 4.35. The lowest BCUT2D eigenvalue weighted by Crippen LogP contribution is -2.20. The highest BCUT2D eigenvalue weighted by atomic mass is 15.1. The number of nitrogens with zero attached hydrogens (tertiary/aromatic N) is 2. The molecule has 0 unspecified atom stereocenters. The molecule has 0 heterocycles. The molecule has 0 spiro atoms. The van der Waals surface area contributed by atoms with Gasteiger partial charge in [-0.15, -0.1) is 0 Å². The highest BCUT2D eigenvalue weighted by Gasteiger charge is 1.90. The van der Waals surface area contributed by atoms with Crippen LogP contribution in [0.25, 0.3) is 0 Å². The number of aliphatic imine (C=N–C) groups is 1. The van der Waals surface area contributed by atoms with Crippen LogP contribution >= 0.6 is 0 Å². The molecule has 1 rings (SSSR count). The summed E-state index contributed by atoms with van der Waals surface area (Å²) in [7, 11) is 0. The standard InChI is InChI=1S/C11H16N2/c1-3-13(4-2)10-12-11-8-6-5-7-9-11/h5-10H,3-4H2,1-2H3. The van der Waals surface area contributed by atoms with Crippen LogP contribution in [-0.2, 0) is 0 Å². The van der Waals surface area contributed by atoms with Crippen LogP contribution in [0.15, 0.2) is 35.3 Å². The molecule has 0 aromatic heterocycles. The lowest BCUT2D eigenvalue weighted by Gasteiger charge is -2.13. The van der Waals surface area contributed by atoms with E-state index in [4.69, 9.17) is 0 Å². The van der Waals surface area contributed by atoms with E-state index in [-0.39, 0.29) is 0 Å². The molecule has 2 nitrogen and oxygen atoms in total. The highest BCUT2D eigenvalue weighted by molar-refractivity contribution is 5.60. The molecule has 0 saturated heterocycles. The molecule has 0 aliphatic heterocycles. The van der Waals surface area contributed by atoms with Crippen molar-refractivity contribution < 1.29 is 0 Å². The SMILES string of the molecule is CCN(C=Nc1ccccc1)CC. The fourth-order valence-corrected chi connectivity index (χ4v) is 1.05. The normalized spacial score (nSPS) is 10.6. The molecular weight excluding hydrogens is 160 g/mol. The Kier molecular flexibility index (Phi) is 4.03. The summed E-state index contributed by atoms with van der Waals surface area (Å²) in [4.78, 5) is 6.51. The maximum Gasteiger partial charge on any atom is 0.0912 e. The fourth-order valence-electron chi connectivity index (χ4n) is 1.05. The minimum Gasteiger partial charge on any atom is -0.363 e. The lowest BCUT2D eigenvalue weighted by molar-refractivity contribution is 0.480. The zero-order valence-corrected chi connectivity index (χ0v) is 8.27. The second-order valence-corrected chi connectivity index (χ2v) is 2.80. The molecule has 0 atom stereocenters. The summed E-state index contributed by atoms with van der Waals surface area (Å²) in [6.07, 6.45) is 1.90. The van der Waals surface area contributed by atoms with Crippen molar-refractivity contribution in [3.63, 3.8) is 0 Å². The predicted molar refractivity (Wildman–Crippen MR) is 57.5 cm³/mol. The van der Waals surface area contributed by atoms with Crippen molar-refractivity contribution in [3.8, 4) is 0 Å². The zero-order chi connectivity index (χ0) is 9.52. The molecule has 1 aromatic rings. The first-order valence-electron chi connectivity index (χ1n) is 4.70. The van der Waals surface area contributed by atoms with E-state index in [1.807, 2.05) is 36.7 Å². The molecule has 0 aliphatic carbocycles. The summed E-state index contributed by atoms with van der Waals surface area (Å²) in [6.45, 7) is 6.26. The number of benzene rings is 1. The van der Waals surface area contributed by atoms with Gasteiger partial charge in [-0.25, -0.2) is 4.99 Å². The van der Waals surface area contributed by atoms with Crippen LogP contribution in [0.3, 0.4) is 0 Å². The molecule has 2 heteroatoms. The van der Waals surface area contributed by atoms with Crippen LogP contribution in [0.4, 0.5) is 5.69 Å². The third-order valence-electron chi connectivity index (χ3n) is 1.94. The van der Waals surface area contributed by atoms with Crippen molar-refractivity contribution in [3.05, 3.63) is 30.3 Å². The van der Waals surface area contributed by atoms with E-state index in [9.17, 15) is 0 Å². The van der Waals surface area contributed by atoms with Gasteiger partial charge in [0.15, 0.2) is 0 Å². The van der Waals surface area contributed by atoms with Crippen LogP contribution in [0, 0.1) is 0 Å². The Morgan fingerprint density at radius 3 is 2.31 bits per heavy atom. The first-order chi connectivity index (χ1) is 6.36. The van der Waals surface area contributed by atoms with Crippen molar-refractivity contribution in [2.24, 2.45) is 4.99 Å². The average molecular weight is 176 g/mol. The minimum atomic E-state index is 1.01. The van der Waals surface area contributed by atoms with Crippen molar-refractivity contribution in [1.82, 2.24) is 4.90 Å². The highest BCUT2D eigenvalue weighted by Crippen LogP contribution is 2.08. The van der Waals surface area contributed by atoms with Gasteiger partial charge in [0.25, 0.3) is 0 Å². The van der Waals surface area contributed by atoms with Gasteiger partial charge in [0, 0.05) is 13.1 Å². The van der Waals surface area contributed by atoms with E-state index in [1.165, 1.54) is 0 Å². The zero-order valence-electron chi connectivity index (χ0n) is 8.27. The van der Waals surface area contributed by atoms with E-state index in [0.717, 1.165) is 18.8 Å². The molecule has 0 aliphatic rings. The summed E-state index contributed by atoms with van der Waals surface area (Å²) < 4.78 is 0. The van der Waals surface area contributed by atoms with Crippen LogP contribution in [-0.4, -0.2) is 24.3 Å². The molecule has 0 saturated carbocycles. The Morgan fingerprint density at radius 1 is 1.15 bits per heavy atom. The van der Waals surface area contributed by atoms with Crippen molar-refractivity contribution in [1.29, 1.82) is 0 Å². The quantitative estimate of drug-likeness (QED) is 0.508. The second-order valence-electron chi connectivity index (χ2n) is 2.80. The molecular formula is C11H16N2. The Morgan fingerprint density at radius 2 is 1.77 bits per heavy atom. The van der Waals surface area contributed by atoms with Crippen molar-refractivity contribution in [2.75, 3.05) is 13.1 Å². The fraction of sp³-hybridized carbons (Fsp3) is 0.364. The number of hydrogen-bond donors (Lipinski definition) is 0. The molecule has 0 amide bonds. The third-order valence-corrected chi connectivity index (χ3v) is 1.94. The van der Waals surface area contributed by atoms with Gasteiger partial charge in [-0.05, 0) is 26.0 Å². The first-order valence-corrected chi connectivity index (χ1v) is 4.70. The first kappa shape index (κ1) is 9.78. The van der Waals surface area contributed by atoms with Crippen LogP contribution in [0.1, 0.15) is 13.8 Å². The van der Waals surface area contributed by atoms with Crippen molar-refractivity contribution in [2.45, 2.75) is 13.8 Å². The third kappa shape index (κ3) is 3.28. The summed E-state index contributed by atoms with van der Waals surface area (Å²) in [6, 6.07) is 9.99. The van der Waals surface area contributed by atoms with E-state index in [2.05, 4.69) is 23.7 Å². The smallest absolute Gasteiger partial charge is 0.0912 e. The molecule has 0 bridgehead atoms. The van der Waals surface area contributed by atoms with E-state index in [0.29, 0.717) is 0 Å². The Bertz CT molecular complexity index is 250. The van der Waals surface area contributed by atoms with Gasteiger partial charge in [0.05, 0.1) is 12.0 Å². The average Bonchev–Trinajstić information content (AvgIpc) is 2.21. The van der Waals surface area contributed by atoms with Gasteiger partial charge in [-0.3, -0.25) is 0 Å². The Hall–Kier alpha value is -1.31. The maximum absolute atomic E-state index is 4.35. The van der Waals surface area contributed by atoms with E-state index >= 15 is 0 Å². The van der Waals surface area contributed by atoms with Gasteiger partial charge in [0.1, 0.15) is 0 Å². The largest absolute Gasteiger partial charge is 0.363 e. The molecule has 13 heavy (non-hydrogen) atoms. The Labute approximate surface area is 79.9 Å². The van der Waals surface area contributed by atoms with Gasteiger partial charge < -0.3 is 4.90 Å². The molecule has 1 aromatic carbocycles. The van der Waals surface area contributed by atoms with Gasteiger partial charge >= 0.3 is 0 Å². The summed E-state index contributed by atoms with van der Waals surface area (Å²) in [5.41, 5.74) is 1.01. The minimum absolute atomic E-state index is 1.01. The molecule has 70 valence electrons. The van der Waals surface area contributed by atoms with E-state index < -0.39 is 0 Å². The second kappa shape index (κ2) is 5.36. The number of para-hydroxylation sites is 1. The monoisotopic (exact) mass is 176 g/mol. The number of hydrogen-bond acceptors (Lipinski definition) is 1. The Balaban J connectivity index is 2.57. The van der Waals surface area contributed by atoms with Crippen LogP contribution in [0.5, 0.6) is 0 Å². The predicted octanol–water partition coefficient (Wildman–Crippen LogP) is 2.69. The summed E-state index contributed by atoms with van der Waals surface area (Å²) in [5.74, 6) is 0. The number of rotatable bonds is 4.